The van der Waals surface area contributed by atoms with Gasteiger partial charge in [0.15, 0.2) is 0 Å². The molecular weight excluding hydrogens is 281 g/mol. The first-order valence-corrected chi connectivity index (χ1v) is 5.53. The van der Waals surface area contributed by atoms with E-state index in [0.29, 0.717) is 0 Å². The minimum absolute atomic E-state index is 0.939. The fourth-order valence-corrected chi connectivity index (χ4v) is 3.23. The molecule has 1 aromatic heterocycles. The van der Waals surface area contributed by atoms with Gasteiger partial charge in [0.05, 0.1) is 8.57 Å². The van der Waals surface area contributed by atoms with Gasteiger partial charge in [-0.05, 0) is 41.1 Å². The minimum Gasteiger partial charge on any atom is -0.397 e. The average molecular weight is 289 g/mol. The molecule has 1 heterocycles. The summed E-state index contributed by atoms with van der Waals surface area (Å²) in [6.45, 7) is 2.10. The van der Waals surface area contributed by atoms with Gasteiger partial charge in [-0.3, -0.25) is 0 Å². The Morgan fingerprint density at radius 1 is 1.42 bits per heavy atom. The molecule has 0 saturated heterocycles. The third kappa shape index (κ3) is 1.11. The minimum atomic E-state index is 0.939. The van der Waals surface area contributed by atoms with Crippen LogP contribution in [0.3, 0.4) is 0 Å². The lowest BCUT2D eigenvalue weighted by Crippen LogP contribution is -1.85. The van der Waals surface area contributed by atoms with Gasteiger partial charge >= 0.3 is 0 Å². The van der Waals surface area contributed by atoms with Gasteiger partial charge in [-0.1, -0.05) is 12.1 Å². The topological polar surface area (TPSA) is 26.0 Å². The SMILES string of the molecule is Cc1cccc2sc(I)c(N)c12. The Morgan fingerprint density at radius 2 is 2.17 bits per heavy atom. The van der Waals surface area contributed by atoms with Crippen molar-refractivity contribution < 1.29 is 0 Å². The van der Waals surface area contributed by atoms with Crippen molar-refractivity contribution in [3.8, 4) is 0 Å². The number of aryl methyl sites for hydroxylation is 1. The summed E-state index contributed by atoms with van der Waals surface area (Å²) in [5.74, 6) is 0. The van der Waals surface area contributed by atoms with E-state index in [1.54, 1.807) is 11.3 Å². The van der Waals surface area contributed by atoms with Crippen molar-refractivity contribution in [2.75, 3.05) is 5.73 Å². The summed E-state index contributed by atoms with van der Waals surface area (Å²) in [4.78, 5) is 0. The Kier molecular flexibility index (Phi) is 2.00. The first-order chi connectivity index (χ1) is 5.70. The second-order valence-electron chi connectivity index (χ2n) is 2.74. The molecule has 0 aliphatic carbocycles. The maximum absolute atomic E-state index is 5.94. The zero-order valence-corrected chi connectivity index (χ0v) is 9.57. The molecule has 0 atom stereocenters. The normalized spacial score (nSPS) is 10.8. The van der Waals surface area contributed by atoms with Crippen LogP contribution in [0, 0.1) is 9.81 Å². The van der Waals surface area contributed by atoms with Crippen LogP contribution in [0.25, 0.3) is 10.1 Å². The molecular formula is C9H8INS. The Balaban J connectivity index is 2.97. The Morgan fingerprint density at radius 3 is 2.83 bits per heavy atom. The van der Waals surface area contributed by atoms with E-state index in [2.05, 4.69) is 47.7 Å². The van der Waals surface area contributed by atoms with Gasteiger partial charge < -0.3 is 5.73 Å². The second kappa shape index (κ2) is 2.88. The number of benzene rings is 1. The van der Waals surface area contributed by atoms with Crippen LogP contribution in [0.1, 0.15) is 5.56 Å². The number of thiophene rings is 1. The summed E-state index contributed by atoms with van der Waals surface area (Å²) >= 11 is 4.04. The third-order valence-corrected chi connectivity index (χ3v) is 4.12. The molecule has 3 heteroatoms. The van der Waals surface area contributed by atoms with Gasteiger partial charge in [0.1, 0.15) is 0 Å². The van der Waals surface area contributed by atoms with Gasteiger partial charge in [0.2, 0.25) is 0 Å². The van der Waals surface area contributed by atoms with E-state index in [-0.39, 0.29) is 0 Å². The van der Waals surface area contributed by atoms with Crippen LogP contribution in [0.15, 0.2) is 18.2 Å². The van der Waals surface area contributed by atoms with Crippen LogP contribution in [0.5, 0.6) is 0 Å². The Hall–Kier alpha value is -0.290. The summed E-state index contributed by atoms with van der Waals surface area (Å²) in [5, 5.41) is 1.23. The van der Waals surface area contributed by atoms with Crippen LogP contribution in [-0.2, 0) is 0 Å². The van der Waals surface area contributed by atoms with Crippen molar-refractivity contribution in [3.05, 3.63) is 26.6 Å². The maximum atomic E-state index is 5.94. The van der Waals surface area contributed by atoms with Crippen molar-refractivity contribution in [2.24, 2.45) is 0 Å². The molecule has 0 aliphatic rings. The summed E-state index contributed by atoms with van der Waals surface area (Å²) in [6, 6.07) is 6.29. The standard InChI is InChI=1S/C9H8INS/c1-5-3-2-4-6-7(5)8(11)9(10)12-6/h2-4H,11H2,1H3. The van der Waals surface area contributed by atoms with Crippen molar-refractivity contribution in [1.82, 2.24) is 0 Å². The molecule has 1 nitrogen and oxygen atoms in total. The van der Waals surface area contributed by atoms with Crippen molar-refractivity contribution >= 4 is 49.7 Å². The predicted octanol–water partition coefficient (Wildman–Crippen LogP) is 3.40. The molecule has 0 amide bonds. The molecule has 0 spiro atoms. The Labute approximate surface area is 88.7 Å². The largest absolute Gasteiger partial charge is 0.397 e. The van der Waals surface area contributed by atoms with E-state index in [0.717, 1.165) is 5.69 Å². The molecule has 12 heavy (non-hydrogen) atoms. The van der Waals surface area contributed by atoms with Crippen LogP contribution >= 0.6 is 33.9 Å². The highest BCUT2D eigenvalue weighted by molar-refractivity contribution is 14.1. The smallest absolute Gasteiger partial charge is 0.0895 e. The van der Waals surface area contributed by atoms with Crippen LogP contribution < -0.4 is 5.73 Å². The van der Waals surface area contributed by atoms with E-state index in [9.17, 15) is 0 Å². The van der Waals surface area contributed by atoms with E-state index in [4.69, 9.17) is 5.73 Å². The fraction of sp³-hybridized carbons (Fsp3) is 0.111. The molecule has 0 saturated carbocycles. The number of fused-ring (bicyclic) bond motifs is 1. The summed E-state index contributed by atoms with van der Waals surface area (Å²) in [5.41, 5.74) is 8.15. The molecule has 2 N–H and O–H groups in total. The number of nitrogen functional groups attached to an aromatic ring is 1. The molecule has 2 aromatic rings. The fourth-order valence-electron chi connectivity index (χ4n) is 1.32. The third-order valence-electron chi connectivity index (χ3n) is 1.92. The second-order valence-corrected chi connectivity index (χ2v) is 5.60. The Bertz CT molecular complexity index is 433. The van der Waals surface area contributed by atoms with Crippen LogP contribution in [0.4, 0.5) is 5.69 Å². The average Bonchev–Trinajstić information content (AvgIpc) is 2.29. The zero-order valence-electron chi connectivity index (χ0n) is 6.60. The van der Waals surface area contributed by atoms with Crippen molar-refractivity contribution in [2.45, 2.75) is 6.92 Å². The molecule has 0 bridgehead atoms. The van der Waals surface area contributed by atoms with Crippen molar-refractivity contribution in [1.29, 1.82) is 0 Å². The number of halogens is 1. The van der Waals surface area contributed by atoms with E-state index < -0.39 is 0 Å². The molecule has 62 valence electrons. The summed E-state index contributed by atoms with van der Waals surface area (Å²) < 4.78 is 2.48. The first kappa shape index (κ1) is 8.31. The van der Waals surface area contributed by atoms with Gasteiger partial charge in [0.25, 0.3) is 0 Å². The lowest BCUT2D eigenvalue weighted by molar-refractivity contribution is 1.55. The number of rotatable bonds is 0. The van der Waals surface area contributed by atoms with E-state index >= 15 is 0 Å². The maximum Gasteiger partial charge on any atom is 0.0895 e. The number of hydrogen-bond donors (Lipinski definition) is 1. The van der Waals surface area contributed by atoms with E-state index in [1.165, 1.54) is 18.5 Å². The predicted molar refractivity (Wildman–Crippen MR) is 63.7 cm³/mol. The van der Waals surface area contributed by atoms with Gasteiger partial charge in [0, 0.05) is 10.1 Å². The monoisotopic (exact) mass is 289 g/mol. The molecule has 0 radical (unpaired) electrons. The van der Waals surface area contributed by atoms with Gasteiger partial charge in [-0.25, -0.2) is 0 Å². The summed E-state index contributed by atoms with van der Waals surface area (Å²) in [6.07, 6.45) is 0. The van der Waals surface area contributed by atoms with Crippen LogP contribution in [-0.4, -0.2) is 0 Å². The molecule has 0 fully saturated rings. The highest BCUT2D eigenvalue weighted by atomic mass is 127. The molecule has 0 unspecified atom stereocenters. The van der Waals surface area contributed by atoms with Crippen LogP contribution in [0.2, 0.25) is 0 Å². The number of nitrogens with two attached hydrogens (primary N) is 1. The van der Waals surface area contributed by atoms with Crippen molar-refractivity contribution in [3.63, 3.8) is 0 Å². The molecule has 1 aromatic carbocycles. The number of hydrogen-bond acceptors (Lipinski definition) is 2. The van der Waals surface area contributed by atoms with Gasteiger partial charge in [-0.2, -0.15) is 0 Å². The zero-order chi connectivity index (χ0) is 8.72. The van der Waals surface area contributed by atoms with E-state index in [1.807, 2.05) is 0 Å². The molecule has 2 rings (SSSR count). The lowest BCUT2D eigenvalue weighted by atomic mass is 10.1. The highest BCUT2D eigenvalue weighted by Crippen LogP contribution is 2.36. The highest BCUT2D eigenvalue weighted by Gasteiger charge is 2.07. The first-order valence-electron chi connectivity index (χ1n) is 3.63. The van der Waals surface area contributed by atoms with Gasteiger partial charge in [-0.15, -0.1) is 11.3 Å². The quantitative estimate of drug-likeness (QED) is 0.739. The lowest BCUT2D eigenvalue weighted by Gasteiger charge is -1.95. The summed E-state index contributed by atoms with van der Waals surface area (Å²) in [7, 11) is 0. The molecule has 0 aliphatic heterocycles. The number of anilines is 1.